The molecule has 0 unspecified atom stereocenters. The number of fused-ring (bicyclic) bond motifs is 1. The summed E-state index contributed by atoms with van der Waals surface area (Å²) in [7, 11) is 1.78. The van der Waals surface area contributed by atoms with Gasteiger partial charge in [0, 0.05) is 13.1 Å². The number of nitrogens with zero attached hydrogens (tertiary/aromatic N) is 3. The van der Waals surface area contributed by atoms with E-state index in [4.69, 9.17) is 4.74 Å². The maximum atomic E-state index is 12.5. The molecule has 1 heterocycles. The number of aryl methyl sites for hydroxylation is 1. The number of carbonyl (C=O) groups excluding carboxylic acids is 1. The summed E-state index contributed by atoms with van der Waals surface area (Å²) >= 11 is 1.33. The van der Waals surface area contributed by atoms with E-state index < -0.39 is 10.8 Å². The van der Waals surface area contributed by atoms with Crippen molar-refractivity contribution in [3.63, 3.8) is 0 Å². The molecular weight excluding hydrogens is 342 g/mol. The first-order valence-electron chi connectivity index (χ1n) is 7.56. The topological polar surface area (TPSA) is 86.7 Å². The van der Waals surface area contributed by atoms with Gasteiger partial charge in [0.15, 0.2) is 4.80 Å². The summed E-state index contributed by atoms with van der Waals surface area (Å²) in [5.41, 5.74) is 0.550. The first-order valence-corrected chi connectivity index (χ1v) is 8.38. The van der Waals surface area contributed by atoms with Crippen molar-refractivity contribution in [2.45, 2.75) is 6.92 Å². The minimum Gasteiger partial charge on any atom is -0.492 e. The minimum atomic E-state index is -0.646. The van der Waals surface area contributed by atoms with Crippen LogP contribution in [-0.4, -0.2) is 22.0 Å². The van der Waals surface area contributed by atoms with E-state index in [0.29, 0.717) is 17.2 Å². The molecule has 3 rings (SSSR count). The normalized spacial score (nSPS) is 11.7. The summed E-state index contributed by atoms with van der Waals surface area (Å²) in [6, 6.07) is 11.4. The van der Waals surface area contributed by atoms with Crippen LogP contribution in [0.4, 0.5) is 5.69 Å². The first-order chi connectivity index (χ1) is 12.0. The maximum Gasteiger partial charge on any atom is 0.286 e. The number of hydrogen-bond acceptors (Lipinski definition) is 5. The molecule has 128 valence electrons. The Morgan fingerprint density at radius 2 is 2.04 bits per heavy atom. The molecule has 7 nitrogen and oxygen atoms in total. The molecule has 0 N–H and O–H groups in total. The van der Waals surface area contributed by atoms with Gasteiger partial charge >= 0.3 is 0 Å². The molecule has 0 radical (unpaired) electrons. The Morgan fingerprint density at radius 1 is 1.28 bits per heavy atom. The van der Waals surface area contributed by atoms with Gasteiger partial charge in [-0.3, -0.25) is 14.9 Å². The largest absolute Gasteiger partial charge is 0.492 e. The lowest BCUT2D eigenvalue weighted by Gasteiger charge is -2.05. The molecule has 0 spiro atoms. The fourth-order valence-electron chi connectivity index (χ4n) is 2.51. The molecular formula is C17H15N3O4S. The zero-order valence-corrected chi connectivity index (χ0v) is 14.4. The van der Waals surface area contributed by atoms with E-state index in [1.165, 1.54) is 29.5 Å². The second kappa shape index (κ2) is 6.86. The molecule has 0 aliphatic heterocycles. The lowest BCUT2D eigenvalue weighted by atomic mass is 10.2. The monoisotopic (exact) mass is 357 g/mol. The van der Waals surface area contributed by atoms with E-state index in [0.717, 1.165) is 10.2 Å². The molecule has 3 aromatic rings. The van der Waals surface area contributed by atoms with Gasteiger partial charge < -0.3 is 9.30 Å². The third-order valence-electron chi connectivity index (χ3n) is 3.61. The van der Waals surface area contributed by atoms with Crippen LogP contribution in [0, 0.1) is 10.1 Å². The number of amides is 1. The van der Waals surface area contributed by atoms with Gasteiger partial charge in [-0.15, -0.1) is 0 Å². The highest BCUT2D eigenvalue weighted by atomic mass is 32.1. The predicted octanol–water partition coefficient (Wildman–Crippen LogP) is 3.29. The number of aromatic nitrogens is 1. The van der Waals surface area contributed by atoms with Crippen LogP contribution in [0.5, 0.6) is 5.75 Å². The fourth-order valence-corrected chi connectivity index (χ4v) is 3.54. The molecule has 2 aromatic carbocycles. The average molecular weight is 357 g/mol. The average Bonchev–Trinajstić information content (AvgIpc) is 2.92. The third-order valence-corrected chi connectivity index (χ3v) is 4.71. The number of nitro groups is 1. The Hall–Kier alpha value is -3.00. The lowest BCUT2D eigenvalue weighted by Crippen LogP contribution is -2.14. The number of nitro benzene ring substituents is 1. The number of hydrogen-bond donors (Lipinski definition) is 0. The zero-order valence-electron chi connectivity index (χ0n) is 13.6. The number of thiazole rings is 1. The number of carbonyl (C=O) groups is 1. The van der Waals surface area contributed by atoms with Crippen molar-refractivity contribution in [3.8, 4) is 5.75 Å². The van der Waals surface area contributed by atoms with Crippen molar-refractivity contribution in [1.82, 2.24) is 4.57 Å². The predicted molar refractivity (Wildman–Crippen MR) is 95.0 cm³/mol. The molecule has 25 heavy (non-hydrogen) atoms. The highest BCUT2D eigenvalue weighted by molar-refractivity contribution is 7.16. The summed E-state index contributed by atoms with van der Waals surface area (Å²) in [6.45, 7) is 2.42. The molecule has 0 bridgehead atoms. The van der Waals surface area contributed by atoms with Gasteiger partial charge in [0.05, 0.1) is 16.2 Å². The lowest BCUT2D eigenvalue weighted by molar-refractivity contribution is -0.385. The van der Waals surface area contributed by atoms with Crippen molar-refractivity contribution < 1.29 is 14.5 Å². The molecule has 0 saturated carbocycles. The Kier molecular flexibility index (Phi) is 4.62. The Labute approximate surface area is 147 Å². The summed E-state index contributed by atoms with van der Waals surface area (Å²) in [5, 5.41) is 11.1. The van der Waals surface area contributed by atoms with Crippen molar-refractivity contribution in [2.75, 3.05) is 6.61 Å². The number of rotatable bonds is 4. The molecule has 0 aliphatic rings. The number of ether oxygens (including phenoxy) is 1. The van der Waals surface area contributed by atoms with Crippen LogP contribution in [0.2, 0.25) is 0 Å². The summed E-state index contributed by atoms with van der Waals surface area (Å²) < 4.78 is 8.30. The summed E-state index contributed by atoms with van der Waals surface area (Å²) in [5.74, 6) is 0.0609. The van der Waals surface area contributed by atoms with Crippen molar-refractivity contribution in [1.29, 1.82) is 0 Å². The molecule has 0 fully saturated rings. The van der Waals surface area contributed by atoms with Gasteiger partial charge in [0.1, 0.15) is 16.8 Å². The quantitative estimate of drug-likeness (QED) is 0.529. The van der Waals surface area contributed by atoms with Crippen LogP contribution in [0.3, 0.4) is 0 Å². The van der Waals surface area contributed by atoms with Crippen LogP contribution in [-0.2, 0) is 7.05 Å². The van der Waals surface area contributed by atoms with Crippen LogP contribution < -0.4 is 9.54 Å². The standard InChI is InChI=1S/C17H15N3O4S/c1-3-24-13-9-6-10-14-15(13)19(2)17(25-14)18-16(21)11-7-4-5-8-12(11)20(22)23/h4-10H,3H2,1-2H3. The summed E-state index contributed by atoms with van der Waals surface area (Å²) in [6.07, 6.45) is 0. The molecule has 0 saturated heterocycles. The number of para-hydroxylation sites is 2. The van der Waals surface area contributed by atoms with E-state index in [1.54, 1.807) is 17.7 Å². The highest BCUT2D eigenvalue weighted by Crippen LogP contribution is 2.27. The van der Waals surface area contributed by atoms with E-state index in [9.17, 15) is 14.9 Å². The number of benzene rings is 2. The van der Waals surface area contributed by atoms with Gasteiger partial charge in [-0.25, -0.2) is 0 Å². The molecule has 0 aliphatic carbocycles. The van der Waals surface area contributed by atoms with E-state index >= 15 is 0 Å². The fraction of sp³-hybridized carbons (Fsp3) is 0.176. The minimum absolute atomic E-state index is 0.0324. The first kappa shape index (κ1) is 16.8. The van der Waals surface area contributed by atoms with Gasteiger partial charge in [-0.1, -0.05) is 29.5 Å². The van der Waals surface area contributed by atoms with E-state index in [2.05, 4.69) is 4.99 Å². The second-order valence-corrected chi connectivity index (χ2v) is 6.18. The van der Waals surface area contributed by atoms with Gasteiger partial charge in [0.2, 0.25) is 0 Å². The van der Waals surface area contributed by atoms with E-state index in [-0.39, 0.29) is 11.3 Å². The molecule has 8 heteroatoms. The van der Waals surface area contributed by atoms with Crippen LogP contribution in [0.25, 0.3) is 10.2 Å². The van der Waals surface area contributed by atoms with Crippen molar-refractivity contribution in [3.05, 3.63) is 62.9 Å². The smallest absolute Gasteiger partial charge is 0.286 e. The van der Waals surface area contributed by atoms with E-state index in [1.807, 2.05) is 25.1 Å². The summed E-state index contributed by atoms with van der Waals surface area (Å²) in [4.78, 5) is 27.5. The Bertz CT molecular complexity index is 1040. The SMILES string of the molecule is CCOc1cccc2sc(=NC(=O)c3ccccc3[N+](=O)[O-])n(C)c12. The Balaban J connectivity index is 2.14. The second-order valence-electron chi connectivity index (χ2n) is 5.17. The highest BCUT2D eigenvalue weighted by Gasteiger charge is 2.19. The van der Waals surface area contributed by atoms with Crippen LogP contribution in [0.1, 0.15) is 17.3 Å². The molecule has 1 aromatic heterocycles. The van der Waals surface area contributed by atoms with Gasteiger partial charge in [-0.05, 0) is 25.1 Å². The van der Waals surface area contributed by atoms with Gasteiger partial charge in [-0.2, -0.15) is 4.99 Å². The molecule has 1 amide bonds. The zero-order chi connectivity index (χ0) is 18.0. The maximum absolute atomic E-state index is 12.5. The third kappa shape index (κ3) is 3.16. The molecule has 0 atom stereocenters. The van der Waals surface area contributed by atoms with Crippen molar-refractivity contribution in [2.24, 2.45) is 12.0 Å². The van der Waals surface area contributed by atoms with Crippen molar-refractivity contribution >= 4 is 33.1 Å². The van der Waals surface area contributed by atoms with Gasteiger partial charge in [0.25, 0.3) is 11.6 Å². The van der Waals surface area contributed by atoms with Crippen LogP contribution >= 0.6 is 11.3 Å². The van der Waals surface area contributed by atoms with Crippen LogP contribution in [0.15, 0.2) is 47.5 Å². The Morgan fingerprint density at radius 3 is 2.76 bits per heavy atom.